The molecule has 3 aromatic rings. The van der Waals surface area contributed by atoms with Gasteiger partial charge in [0.25, 0.3) is 0 Å². The van der Waals surface area contributed by atoms with Crippen LogP contribution in [-0.4, -0.2) is 72.8 Å². The van der Waals surface area contributed by atoms with E-state index in [1.807, 2.05) is 45.9 Å². The zero-order valence-corrected chi connectivity index (χ0v) is 18.7. The Hall–Kier alpha value is -3.52. The van der Waals surface area contributed by atoms with Crippen LogP contribution in [0.1, 0.15) is 11.3 Å². The summed E-state index contributed by atoms with van der Waals surface area (Å²) in [6.45, 7) is 3.79. The molecule has 3 heterocycles. The van der Waals surface area contributed by atoms with Crippen LogP contribution in [0.4, 0.5) is 0 Å². The lowest BCUT2D eigenvalue weighted by Crippen LogP contribution is -2.47. The van der Waals surface area contributed by atoms with Crippen molar-refractivity contribution in [3.8, 4) is 17.2 Å². The van der Waals surface area contributed by atoms with Crippen LogP contribution in [0.2, 0.25) is 0 Å². The van der Waals surface area contributed by atoms with E-state index in [2.05, 4.69) is 16.1 Å². The summed E-state index contributed by atoms with van der Waals surface area (Å²) in [5.41, 5.74) is 2.94. The van der Waals surface area contributed by atoms with Crippen LogP contribution >= 0.6 is 0 Å². The van der Waals surface area contributed by atoms with E-state index >= 15 is 0 Å². The molecule has 0 spiro atoms. The number of amides is 1. The third-order valence-corrected chi connectivity index (χ3v) is 5.60. The second-order valence-corrected chi connectivity index (χ2v) is 7.60. The molecule has 0 unspecified atom stereocenters. The maximum atomic E-state index is 12.7. The largest absolute Gasteiger partial charge is 0.493 e. The standard InChI is InChI=1S/C24H28N4O4/c1-30-21-14-18(15-22(31-2)24(21)32-3)7-8-23(29)27-12-10-26(11-13-27)17-19-16-20-6-4-5-9-28(20)25-19/h4-9,14-16H,10-13,17H2,1-3H3/b8-7+. The van der Waals surface area contributed by atoms with Crippen molar-refractivity contribution in [2.24, 2.45) is 0 Å². The normalized spacial score (nSPS) is 14.8. The highest BCUT2D eigenvalue weighted by atomic mass is 16.5. The molecule has 8 heteroatoms. The van der Waals surface area contributed by atoms with Gasteiger partial charge in [-0.05, 0) is 42.0 Å². The molecule has 1 saturated heterocycles. The van der Waals surface area contributed by atoms with Crippen molar-refractivity contribution in [3.63, 3.8) is 0 Å². The van der Waals surface area contributed by atoms with Gasteiger partial charge in [-0.2, -0.15) is 5.10 Å². The fourth-order valence-corrected chi connectivity index (χ4v) is 3.89. The van der Waals surface area contributed by atoms with Gasteiger partial charge < -0.3 is 19.1 Å². The molecule has 0 saturated carbocycles. The lowest BCUT2D eigenvalue weighted by atomic mass is 10.1. The number of carbonyl (C=O) groups is 1. The van der Waals surface area contributed by atoms with Crippen LogP contribution in [-0.2, 0) is 11.3 Å². The number of hydrogen-bond acceptors (Lipinski definition) is 6. The monoisotopic (exact) mass is 436 g/mol. The Labute approximate surface area is 187 Å². The molecule has 8 nitrogen and oxygen atoms in total. The predicted molar refractivity (Wildman–Crippen MR) is 122 cm³/mol. The molecule has 2 aromatic heterocycles. The average molecular weight is 437 g/mol. The van der Waals surface area contributed by atoms with Crippen LogP contribution in [0.5, 0.6) is 17.2 Å². The van der Waals surface area contributed by atoms with Gasteiger partial charge in [-0.25, -0.2) is 4.52 Å². The van der Waals surface area contributed by atoms with E-state index in [0.29, 0.717) is 30.3 Å². The number of aromatic nitrogens is 2. The Morgan fingerprint density at radius 3 is 2.34 bits per heavy atom. The zero-order valence-electron chi connectivity index (χ0n) is 18.7. The Morgan fingerprint density at radius 2 is 1.72 bits per heavy atom. The van der Waals surface area contributed by atoms with Gasteiger partial charge in [-0.1, -0.05) is 6.07 Å². The number of ether oxygens (including phenoxy) is 3. The van der Waals surface area contributed by atoms with Gasteiger partial charge in [0.2, 0.25) is 11.7 Å². The van der Waals surface area contributed by atoms with Crippen molar-refractivity contribution < 1.29 is 19.0 Å². The molecule has 1 fully saturated rings. The van der Waals surface area contributed by atoms with E-state index in [1.54, 1.807) is 33.5 Å². The molecule has 1 aliphatic heterocycles. The molecule has 0 aliphatic carbocycles. The van der Waals surface area contributed by atoms with Gasteiger partial charge in [-0.3, -0.25) is 9.69 Å². The van der Waals surface area contributed by atoms with Crippen molar-refractivity contribution in [1.82, 2.24) is 19.4 Å². The van der Waals surface area contributed by atoms with E-state index in [0.717, 1.165) is 36.4 Å². The second-order valence-electron chi connectivity index (χ2n) is 7.60. The molecule has 4 rings (SSSR count). The number of methoxy groups -OCH3 is 3. The van der Waals surface area contributed by atoms with E-state index < -0.39 is 0 Å². The molecule has 1 aliphatic rings. The zero-order chi connectivity index (χ0) is 22.5. The highest BCUT2D eigenvalue weighted by molar-refractivity contribution is 5.92. The molecule has 0 atom stereocenters. The molecule has 1 aromatic carbocycles. The number of nitrogens with zero attached hydrogens (tertiary/aromatic N) is 4. The van der Waals surface area contributed by atoms with Crippen molar-refractivity contribution in [2.45, 2.75) is 6.54 Å². The quantitative estimate of drug-likeness (QED) is 0.531. The number of hydrogen-bond donors (Lipinski definition) is 0. The van der Waals surface area contributed by atoms with Gasteiger partial charge in [0.15, 0.2) is 11.5 Å². The van der Waals surface area contributed by atoms with E-state index in [4.69, 9.17) is 14.2 Å². The summed E-state index contributed by atoms with van der Waals surface area (Å²) in [4.78, 5) is 16.9. The number of pyridine rings is 1. The minimum atomic E-state index is -0.00821. The molecule has 1 amide bonds. The van der Waals surface area contributed by atoms with Crippen molar-refractivity contribution in [1.29, 1.82) is 0 Å². The summed E-state index contributed by atoms with van der Waals surface area (Å²) in [5.74, 6) is 1.63. The fourth-order valence-electron chi connectivity index (χ4n) is 3.89. The highest BCUT2D eigenvalue weighted by Crippen LogP contribution is 2.38. The highest BCUT2D eigenvalue weighted by Gasteiger charge is 2.20. The molecular formula is C24H28N4O4. The number of rotatable bonds is 7. The first-order valence-corrected chi connectivity index (χ1v) is 10.5. The van der Waals surface area contributed by atoms with Crippen LogP contribution in [0, 0.1) is 0 Å². The van der Waals surface area contributed by atoms with Crippen molar-refractivity contribution in [3.05, 3.63) is 59.9 Å². The summed E-state index contributed by atoms with van der Waals surface area (Å²) < 4.78 is 18.0. The second kappa shape index (κ2) is 9.74. The molecule has 168 valence electrons. The Bertz CT molecular complexity index is 1060. The lowest BCUT2D eigenvalue weighted by molar-refractivity contribution is -0.127. The average Bonchev–Trinajstić information content (AvgIpc) is 3.24. The number of carbonyl (C=O) groups excluding carboxylic acids is 1. The van der Waals surface area contributed by atoms with E-state index in [1.165, 1.54) is 0 Å². The topological polar surface area (TPSA) is 68.5 Å². The Morgan fingerprint density at radius 1 is 1.00 bits per heavy atom. The van der Waals surface area contributed by atoms with Crippen molar-refractivity contribution in [2.75, 3.05) is 47.5 Å². The van der Waals surface area contributed by atoms with Gasteiger partial charge in [0, 0.05) is 45.0 Å². The Balaban J connectivity index is 1.34. The molecular weight excluding hydrogens is 408 g/mol. The van der Waals surface area contributed by atoms with Gasteiger partial charge in [0.1, 0.15) is 0 Å². The molecule has 0 bridgehead atoms. The molecule has 32 heavy (non-hydrogen) atoms. The number of fused-ring (bicyclic) bond motifs is 1. The third-order valence-electron chi connectivity index (χ3n) is 5.60. The van der Waals surface area contributed by atoms with Crippen LogP contribution in [0.25, 0.3) is 11.6 Å². The number of benzene rings is 1. The minimum absolute atomic E-state index is 0.00821. The van der Waals surface area contributed by atoms with Crippen LogP contribution in [0.3, 0.4) is 0 Å². The van der Waals surface area contributed by atoms with Crippen LogP contribution < -0.4 is 14.2 Å². The van der Waals surface area contributed by atoms with E-state index in [9.17, 15) is 4.79 Å². The maximum Gasteiger partial charge on any atom is 0.246 e. The van der Waals surface area contributed by atoms with E-state index in [-0.39, 0.29) is 5.91 Å². The Kier molecular flexibility index (Phi) is 6.61. The first-order valence-electron chi connectivity index (χ1n) is 10.5. The SMILES string of the molecule is COc1cc(/C=C/C(=O)N2CCN(Cc3cc4ccccn4n3)CC2)cc(OC)c1OC. The van der Waals surface area contributed by atoms with Gasteiger partial charge >= 0.3 is 0 Å². The fraction of sp³-hybridized carbons (Fsp3) is 0.333. The summed E-state index contributed by atoms with van der Waals surface area (Å²) in [6, 6.07) is 11.8. The molecule has 0 radical (unpaired) electrons. The summed E-state index contributed by atoms with van der Waals surface area (Å²) in [5, 5.41) is 4.62. The summed E-state index contributed by atoms with van der Waals surface area (Å²) >= 11 is 0. The molecule has 0 N–H and O–H groups in total. The van der Waals surface area contributed by atoms with Crippen molar-refractivity contribution >= 4 is 17.5 Å². The number of piperazine rings is 1. The minimum Gasteiger partial charge on any atom is -0.493 e. The maximum absolute atomic E-state index is 12.7. The first kappa shape index (κ1) is 21.7. The van der Waals surface area contributed by atoms with Gasteiger partial charge in [-0.15, -0.1) is 0 Å². The summed E-state index contributed by atoms with van der Waals surface area (Å²) in [7, 11) is 4.71. The third kappa shape index (κ3) is 4.70. The lowest BCUT2D eigenvalue weighted by Gasteiger charge is -2.33. The van der Waals surface area contributed by atoms with Crippen LogP contribution in [0.15, 0.2) is 48.7 Å². The summed E-state index contributed by atoms with van der Waals surface area (Å²) in [6.07, 6.45) is 5.32. The predicted octanol–water partition coefficient (Wildman–Crippen LogP) is 2.72. The first-order chi connectivity index (χ1) is 15.6. The van der Waals surface area contributed by atoms with Gasteiger partial charge in [0.05, 0.1) is 32.5 Å². The smallest absolute Gasteiger partial charge is 0.246 e.